The van der Waals surface area contributed by atoms with Crippen LogP contribution in [-0.4, -0.2) is 36.9 Å². The van der Waals surface area contributed by atoms with Crippen molar-refractivity contribution in [3.05, 3.63) is 22.7 Å². The van der Waals surface area contributed by atoms with E-state index in [4.69, 9.17) is 9.47 Å². The Morgan fingerprint density at radius 3 is 2.94 bits per heavy atom. The van der Waals surface area contributed by atoms with Gasteiger partial charge in [0.15, 0.2) is 6.10 Å². The lowest BCUT2D eigenvalue weighted by atomic mass is 10.2. The molecule has 2 rings (SSSR count). The Bertz CT molecular complexity index is 418. The Morgan fingerprint density at radius 2 is 2.29 bits per heavy atom. The quantitative estimate of drug-likeness (QED) is 0.813. The van der Waals surface area contributed by atoms with E-state index in [-0.39, 0.29) is 18.3 Å². The number of aromatic hydroxyl groups is 1. The van der Waals surface area contributed by atoms with Crippen molar-refractivity contribution in [3.8, 4) is 5.75 Å². The van der Waals surface area contributed by atoms with Crippen LogP contribution in [0.25, 0.3) is 0 Å². The maximum Gasteiger partial charge on any atom is 0.256 e. The number of carbonyl (C=O) groups is 1. The summed E-state index contributed by atoms with van der Waals surface area (Å²) in [7, 11) is 0. The Morgan fingerprint density at radius 1 is 1.47 bits per heavy atom. The zero-order valence-electron chi connectivity index (χ0n) is 8.98. The fourth-order valence-electron chi connectivity index (χ4n) is 1.46. The molecule has 0 saturated carbocycles. The molecule has 1 unspecified atom stereocenters. The van der Waals surface area contributed by atoms with Crippen LogP contribution in [0.4, 0.5) is 5.69 Å². The summed E-state index contributed by atoms with van der Waals surface area (Å²) in [5, 5.41) is 12.2. The summed E-state index contributed by atoms with van der Waals surface area (Å²) < 4.78 is 11.1. The van der Waals surface area contributed by atoms with Gasteiger partial charge in [0, 0.05) is 4.47 Å². The van der Waals surface area contributed by atoms with Crippen molar-refractivity contribution in [2.45, 2.75) is 6.10 Å². The molecule has 0 aliphatic carbocycles. The highest BCUT2D eigenvalue weighted by atomic mass is 79.9. The number of benzene rings is 1. The summed E-state index contributed by atoms with van der Waals surface area (Å²) in [5.74, 6) is -0.313. The van der Waals surface area contributed by atoms with Gasteiger partial charge in [-0.15, -0.1) is 0 Å². The van der Waals surface area contributed by atoms with Crippen LogP contribution in [-0.2, 0) is 14.3 Å². The van der Waals surface area contributed by atoms with E-state index in [1.807, 2.05) is 0 Å². The van der Waals surface area contributed by atoms with E-state index >= 15 is 0 Å². The van der Waals surface area contributed by atoms with Crippen LogP contribution < -0.4 is 5.32 Å². The molecule has 1 fully saturated rings. The molecule has 1 aliphatic heterocycles. The molecule has 0 radical (unpaired) electrons. The van der Waals surface area contributed by atoms with E-state index < -0.39 is 6.10 Å². The van der Waals surface area contributed by atoms with Crippen LogP contribution in [0.1, 0.15) is 0 Å². The second kappa shape index (κ2) is 5.48. The van der Waals surface area contributed by atoms with Gasteiger partial charge in [0.05, 0.1) is 25.5 Å². The van der Waals surface area contributed by atoms with E-state index in [1.54, 1.807) is 12.1 Å². The molecular formula is C11H12BrNO4. The van der Waals surface area contributed by atoms with Crippen molar-refractivity contribution >= 4 is 27.5 Å². The van der Waals surface area contributed by atoms with E-state index in [1.165, 1.54) is 6.07 Å². The van der Waals surface area contributed by atoms with E-state index in [2.05, 4.69) is 21.2 Å². The van der Waals surface area contributed by atoms with Crippen LogP contribution in [0, 0.1) is 0 Å². The third kappa shape index (κ3) is 3.18. The first-order chi connectivity index (χ1) is 8.16. The average Bonchev–Trinajstić information content (AvgIpc) is 2.34. The zero-order chi connectivity index (χ0) is 12.3. The Kier molecular flexibility index (Phi) is 3.98. The number of anilines is 1. The second-order valence-corrected chi connectivity index (χ2v) is 4.50. The van der Waals surface area contributed by atoms with Gasteiger partial charge < -0.3 is 19.9 Å². The average molecular weight is 302 g/mol. The highest BCUT2D eigenvalue weighted by molar-refractivity contribution is 9.10. The van der Waals surface area contributed by atoms with Gasteiger partial charge in [0.25, 0.3) is 5.91 Å². The molecule has 6 heteroatoms. The molecule has 1 atom stereocenters. The number of amides is 1. The molecule has 1 aromatic rings. The maximum absolute atomic E-state index is 11.8. The number of phenolic OH excluding ortho intramolecular Hbond substituents is 1. The molecule has 1 saturated heterocycles. The lowest BCUT2D eigenvalue weighted by Gasteiger charge is -2.22. The minimum absolute atomic E-state index is 0.00412. The van der Waals surface area contributed by atoms with Crippen molar-refractivity contribution in [3.63, 3.8) is 0 Å². The van der Waals surface area contributed by atoms with Crippen LogP contribution in [0.5, 0.6) is 5.75 Å². The van der Waals surface area contributed by atoms with Crippen molar-refractivity contribution in [2.75, 3.05) is 25.1 Å². The fourth-order valence-corrected chi connectivity index (χ4v) is 1.81. The van der Waals surface area contributed by atoms with Gasteiger partial charge in [-0.25, -0.2) is 0 Å². The number of ether oxygens (including phenoxy) is 2. The standard InChI is InChI=1S/C11H12BrNO4/c12-7-1-2-8(9(14)5-7)13-11(15)10-6-16-3-4-17-10/h1-2,5,10,14H,3-4,6H2,(H,13,15). The summed E-state index contributed by atoms with van der Waals surface area (Å²) in [4.78, 5) is 11.8. The Balaban J connectivity index is 2.02. The SMILES string of the molecule is O=C(Nc1ccc(Br)cc1O)C1COCCO1. The van der Waals surface area contributed by atoms with E-state index in [0.29, 0.717) is 18.9 Å². The van der Waals surface area contributed by atoms with Gasteiger partial charge in [-0.3, -0.25) is 4.79 Å². The van der Waals surface area contributed by atoms with Crippen molar-refractivity contribution in [1.82, 2.24) is 0 Å². The Hall–Kier alpha value is -1.11. The van der Waals surface area contributed by atoms with Gasteiger partial charge >= 0.3 is 0 Å². The molecule has 0 bridgehead atoms. The molecule has 17 heavy (non-hydrogen) atoms. The van der Waals surface area contributed by atoms with Crippen LogP contribution >= 0.6 is 15.9 Å². The van der Waals surface area contributed by atoms with Gasteiger partial charge in [-0.05, 0) is 18.2 Å². The highest BCUT2D eigenvalue weighted by Gasteiger charge is 2.23. The number of phenols is 1. The molecule has 1 heterocycles. The van der Waals surface area contributed by atoms with Crippen molar-refractivity contribution in [1.29, 1.82) is 0 Å². The second-order valence-electron chi connectivity index (χ2n) is 3.59. The smallest absolute Gasteiger partial charge is 0.256 e. The number of carbonyl (C=O) groups excluding carboxylic acids is 1. The first-order valence-corrected chi connectivity index (χ1v) is 5.95. The molecule has 1 aliphatic rings. The largest absolute Gasteiger partial charge is 0.506 e. The van der Waals surface area contributed by atoms with Crippen molar-refractivity contribution in [2.24, 2.45) is 0 Å². The molecule has 0 spiro atoms. The molecule has 1 aromatic carbocycles. The van der Waals surface area contributed by atoms with Crippen molar-refractivity contribution < 1.29 is 19.4 Å². The van der Waals surface area contributed by atoms with Gasteiger partial charge in [0.1, 0.15) is 5.75 Å². The van der Waals surface area contributed by atoms with Crippen LogP contribution in [0.2, 0.25) is 0 Å². The van der Waals surface area contributed by atoms with Gasteiger partial charge in [-0.1, -0.05) is 15.9 Å². The van der Waals surface area contributed by atoms with Crippen LogP contribution in [0.15, 0.2) is 22.7 Å². The van der Waals surface area contributed by atoms with E-state index in [9.17, 15) is 9.90 Å². The molecule has 0 aromatic heterocycles. The first-order valence-electron chi connectivity index (χ1n) is 5.15. The fraction of sp³-hybridized carbons (Fsp3) is 0.364. The Labute approximate surface area is 107 Å². The number of halogens is 1. The summed E-state index contributed by atoms with van der Waals surface area (Å²) in [5.41, 5.74) is 0.354. The number of hydrogen-bond acceptors (Lipinski definition) is 4. The minimum Gasteiger partial charge on any atom is -0.506 e. The topological polar surface area (TPSA) is 67.8 Å². The molecular weight excluding hydrogens is 290 g/mol. The lowest BCUT2D eigenvalue weighted by Crippen LogP contribution is -2.39. The molecule has 1 amide bonds. The van der Waals surface area contributed by atoms with Gasteiger partial charge in [0.2, 0.25) is 0 Å². The first kappa shape index (κ1) is 12.3. The predicted octanol–water partition coefficient (Wildman–Crippen LogP) is 1.51. The third-order valence-electron chi connectivity index (χ3n) is 2.33. The zero-order valence-corrected chi connectivity index (χ0v) is 10.6. The number of rotatable bonds is 2. The molecule has 92 valence electrons. The molecule has 2 N–H and O–H groups in total. The van der Waals surface area contributed by atoms with E-state index in [0.717, 1.165) is 4.47 Å². The molecule has 5 nitrogen and oxygen atoms in total. The monoisotopic (exact) mass is 301 g/mol. The summed E-state index contributed by atoms with van der Waals surface area (Å²) >= 11 is 3.22. The lowest BCUT2D eigenvalue weighted by molar-refractivity contribution is -0.142. The highest BCUT2D eigenvalue weighted by Crippen LogP contribution is 2.27. The minimum atomic E-state index is -0.619. The number of nitrogens with one attached hydrogen (secondary N) is 1. The summed E-state index contributed by atoms with van der Waals surface area (Å²) in [6, 6.07) is 4.85. The maximum atomic E-state index is 11.8. The summed E-state index contributed by atoms with van der Waals surface area (Å²) in [6.07, 6.45) is -0.619. The normalized spacial score (nSPS) is 19.9. The summed E-state index contributed by atoms with van der Waals surface area (Å²) in [6.45, 7) is 1.15. The third-order valence-corrected chi connectivity index (χ3v) is 2.82. The van der Waals surface area contributed by atoms with Gasteiger partial charge in [-0.2, -0.15) is 0 Å². The van der Waals surface area contributed by atoms with Crippen LogP contribution in [0.3, 0.4) is 0 Å². The number of hydrogen-bond donors (Lipinski definition) is 2. The predicted molar refractivity (Wildman–Crippen MR) is 65.0 cm³/mol.